The maximum Gasteiger partial charge on any atom is 0.340 e. The van der Waals surface area contributed by atoms with Gasteiger partial charge in [0.05, 0.1) is 16.3 Å². The fourth-order valence-electron chi connectivity index (χ4n) is 2.28. The average molecular weight is 377 g/mol. The number of fused-ring (bicyclic) bond motifs is 1. The van der Waals surface area contributed by atoms with Crippen LogP contribution in [-0.4, -0.2) is 20.1 Å². The Morgan fingerprint density at radius 2 is 2.05 bits per heavy atom. The lowest BCUT2D eigenvalue weighted by Gasteiger charge is -2.23. The number of halogens is 2. The number of sulfone groups is 1. The summed E-state index contributed by atoms with van der Waals surface area (Å²) in [7, 11) is -3.26. The number of benzene rings is 1. The van der Waals surface area contributed by atoms with E-state index in [1.165, 1.54) is 12.1 Å². The number of carbonyl (C=O) groups is 1. The van der Waals surface area contributed by atoms with Crippen molar-refractivity contribution in [1.82, 2.24) is 0 Å². The first-order chi connectivity index (χ1) is 10.4. The Morgan fingerprint density at radius 3 is 2.77 bits per heavy atom. The summed E-state index contributed by atoms with van der Waals surface area (Å²) in [5.74, 6) is -0.629. The van der Waals surface area contributed by atoms with Gasteiger partial charge >= 0.3 is 5.97 Å². The van der Waals surface area contributed by atoms with E-state index in [9.17, 15) is 13.2 Å². The van der Waals surface area contributed by atoms with Crippen LogP contribution in [0.2, 0.25) is 10.0 Å². The van der Waals surface area contributed by atoms with Gasteiger partial charge in [0.25, 0.3) is 0 Å². The lowest BCUT2D eigenvalue weighted by Crippen LogP contribution is -2.22. The number of ether oxygens (including phenoxy) is 1. The number of hydrogen-bond acceptors (Lipinski definition) is 5. The van der Waals surface area contributed by atoms with Crippen LogP contribution in [0.4, 0.5) is 0 Å². The number of rotatable bonds is 2. The van der Waals surface area contributed by atoms with E-state index in [0.717, 1.165) is 11.3 Å². The molecule has 3 rings (SSSR count). The summed E-state index contributed by atoms with van der Waals surface area (Å²) in [6.07, 6.45) is -0.341. The van der Waals surface area contributed by atoms with Gasteiger partial charge in [-0.3, -0.25) is 0 Å². The molecule has 0 spiro atoms. The predicted molar refractivity (Wildman–Crippen MR) is 85.6 cm³/mol. The summed E-state index contributed by atoms with van der Waals surface area (Å²) < 4.78 is 29.7. The smallest absolute Gasteiger partial charge is 0.340 e. The van der Waals surface area contributed by atoms with Crippen molar-refractivity contribution in [2.75, 3.05) is 5.75 Å². The summed E-state index contributed by atoms with van der Waals surface area (Å²) in [5.41, 5.74) is 0.742. The monoisotopic (exact) mass is 376 g/mol. The average Bonchev–Trinajstić information content (AvgIpc) is 2.93. The van der Waals surface area contributed by atoms with Gasteiger partial charge in [-0.1, -0.05) is 23.2 Å². The number of carbonyl (C=O) groups excluding carboxylic acids is 1. The second-order valence-corrected chi connectivity index (χ2v) is 8.85. The first-order valence-electron chi connectivity index (χ1n) is 6.34. The standard InChI is InChI=1S/C14H10Cl2O4S2/c15-8-1-2-9(11(16)7-8)13(17)20-12-4-6-22(18,19)14-10(12)3-5-21-14/h1-3,5,7,12H,4,6H2/t12-/m1/s1. The van der Waals surface area contributed by atoms with E-state index in [0.29, 0.717) is 10.6 Å². The Labute approximate surface area is 141 Å². The molecule has 8 heteroatoms. The molecule has 1 aromatic carbocycles. The Balaban J connectivity index is 1.87. The number of hydrogen-bond donors (Lipinski definition) is 0. The van der Waals surface area contributed by atoms with Crippen molar-refractivity contribution < 1.29 is 17.9 Å². The normalized spacial score (nSPS) is 19.5. The summed E-state index contributed by atoms with van der Waals surface area (Å²) in [6, 6.07) is 6.17. The first kappa shape index (κ1) is 15.8. The first-order valence-corrected chi connectivity index (χ1v) is 9.63. The zero-order chi connectivity index (χ0) is 15.9. The van der Waals surface area contributed by atoms with E-state index in [4.69, 9.17) is 27.9 Å². The maximum atomic E-state index is 12.2. The van der Waals surface area contributed by atoms with Gasteiger partial charge in [0.2, 0.25) is 0 Å². The van der Waals surface area contributed by atoms with Crippen molar-refractivity contribution in [3.05, 3.63) is 50.8 Å². The van der Waals surface area contributed by atoms with Crippen molar-refractivity contribution in [1.29, 1.82) is 0 Å². The molecule has 4 nitrogen and oxygen atoms in total. The van der Waals surface area contributed by atoms with E-state index in [1.807, 2.05) is 0 Å². The highest BCUT2D eigenvalue weighted by Crippen LogP contribution is 2.38. The SMILES string of the molecule is O=C(O[C@@H]1CCS(=O)(=O)c2sccc21)c1ccc(Cl)cc1Cl. The van der Waals surface area contributed by atoms with Gasteiger partial charge in [-0.25, -0.2) is 13.2 Å². The van der Waals surface area contributed by atoms with Gasteiger partial charge in [-0.15, -0.1) is 11.3 Å². The molecule has 1 aliphatic rings. The van der Waals surface area contributed by atoms with Crippen molar-refractivity contribution in [2.45, 2.75) is 16.7 Å². The molecule has 0 fully saturated rings. The van der Waals surface area contributed by atoms with Crippen molar-refractivity contribution >= 4 is 50.3 Å². The van der Waals surface area contributed by atoms with E-state index < -0.39 is 21.9 Å². The molecule has 2 aromatic rings. The Kier molecular flexibility index (Phi) is 4.20. The molecule has 0 bridgehead atoms. The van der Waals surface area contributed by atoms with E-state index in [2.05, 4.69) is 0 Å². The topological polar surface area (TPSA) is 60.4 Å². The molecule has 116 valence electrons. The molecule has 0 N–H and O–H groups in total. The maximum absolute atomic E-state index is 12.2. The highest BCUT2D eigenvalue weighted by Gasteiger charge is 2.34. The molecule has 2 heterocycles. The van der Waals surface area contributed by atoms with Crippen LogP contribution in [0.5, 0.6) is 0 Å². The molecule has 1 aliphatic heterocycles. The summed E-state index contributed by atoms with van der Waals surface area (Å²) in [4.78, 5) is 12.2. The largest absolute Gasteiger partial charge is 0.454 e. The van der Waals surface area contributed by atoms with Crippen LogP contribution in [0, 0.1) is 0 Å². The van der Waals surface area contributed by atoms with Gasteiger partial charge < -0.3 is 4.74 Å². The summed E-state index contributed by atoms with van der Waals surface area (Å²) in [6.45, 7) is 0. The van der Waals surface area contributed by atoms with Crippen molar-refractivity contribution in [3.8, 4) is 0 Å². The predicted octanol–water partition coefficient (Wildman–Crippen LogP) is 4.13. The van der Waals surface area contributed by atoms with Crippen molar-refractivity contribution in [3.63, 3.8) is 0 Å². The zero-order valence-corrected chi connectivity index (χ0v) is 14.2. The van der Waals surface area contributed by atoms with Crippen molar-refractivity contribution in [2.24, 2.45) is 0 Å². The third-order valence-corrected chi connectivity index (χ3v) is 7.23. The third-order valence-electron chi connectivity index (χ3n) is 3.34. The molecule has 0 radical (unpaired) electrons. The fraction of sp³-hybridized carbons (Fsp3) is 0.214. The molecule has 0 aliphatic carbocycles. The minimum Gasteiger partial charge on any atom is -0.454 e. The minimum absolute atomic E-state index is 0.0349. The van der Waals surface area contributed by atoms with Crippen LogP contribution in [-0.2, 0) is 14.6 Å². The van der Waals surface area contributed by atoms with Gasteiger partial charge in [0, 0.05) is 17.0 Å². The van der Waals surface area contributed by atoms with Crippen LogP contribution in [0.1, 0.15) is 28.4 Å². The lowest BCUT2D eigenvalue weighted by molar-refractivity contribution is 0.0280. The summed E-state index contributed by atoms with van der Waals surface area (Å²) >= 11 is 12.9. The second kappa shape index (κ2) is 5.85. The van der Waals surface area contributed by atoms with E-state index >= 15 is 0 Å². The van der Waals surface area contributed by atoms with Crippen LogP contribution in [0.25, 0.3) is 0 Å². The summed E-state index contributed by atoms with van der Waals surface area (Å²) in [5, 5.41) is 2.31. The quantitative estimate of drug-likeness (QED) is 0.739. The molecule has 0 amide bonds. The van der Waals surface area contributed by atoms with Crippen LogP contribution in [0.15, 0.2) is 33.9 Å². The molecule has 0 unspecified atom stereocenters. The van der Waals surface area contributed by atoms with E-state index in [1.54, 1.807) is 17.5 Å². The van der Waals surface area contributed by atoms with Crippen LogP contribution >= 0.6 is 34.5 Å². The van der Waals surface area contributed by atoms with Gasteiger partial charge in [0.15, 0.2) is 9.84 Å². The molecular weight excluding hydrogens is 367 g/mol. The Bertz CT molecular complexity index is 842. The van der Waals surface area contributed by atoms with Gasteiger partial charge in [0.1, 0.15) is 10.3 Å². The van der Waals surface area contributed by atoms with Crippen LogP contribution in [0.3, 0.4) is 0 Å². The minimum atomic E-state index is -3.26. The van der Waals surface area contributed by atoms with Gasteiger partial charge in [-0.2, -0.15) is 0 Å². The van der Waals surface area contributed by atoms with Gasteiger partial charge in [-0.05, 0) is 29.6 Å². The highest BCUT2D eigenvalue weighted by molar-refractivity contribution is 7.93. The van der Waals surface area contributed by atoms with E-state index in [-0.39, 0.29) is 27.0 Å². The molecular formula is C14H10Cl2O4S2. The highest BCUT2D eigenvalue weighted by atomic mass is 35.5. The Hall–Kier alpha value is -1.08. The Morgan fingerprint density at radius 1 is 1.27 bits per heavy atom. The molecule has 22 heavy (non-hydrogen) atoms. The third kappa shape index (κ3) is 2.88. The molecule has 1 atom stereocenters. The second-order valence-electron chi connectivity index (χ2n) is 4.79. The number of thiophene rings is 1. The zero-order valence-electron chi connectivity index (χ0n) is 11.1. The fourth-order valence-corrected chi connectivity index (χ4v) is 5.71. The van der Waals surface area contributed by atoms with Crippen LogP contribution < -0.4 is 0 Å². The number of esters is 1. The molecule has 0 saturated heterocycles. The molecule has 0 saturated carbocycles. The molecule has 1 aromatic heterocycles. The lowest BCUT2D eigenvalue weighted by atomic mass is 10.1.